The zero-order valence-corrected chi connectivity index (χ0v) is 19.7. The number of benzene rings is 2. The van der Waals surface area contributed by atoms with Gasteiger partial charge in [0.15, 0.2) is 5.82 Å². The van der Waals surface area contributed by atoms with Crippen molar-refractivity contribution in [1.29, 1.82) is 0 Å². The molecule has 0 bridgehead atoms. The van der Waals surface area contributed by atoms with Crippen molar-refractivity contribution in [3.63, 3.8) is 0 Å². The Kier molecular flexibility index (Phi) is 7.15. The first-order valence-corrected chi connectivity index (χ1v) is 12.5. The maximum absolute atomic E-state index is 13.3. The minimum atomic E-state index is 0.0419. The Labute approximate surface area is 202 Å². The van der Waals surface area contributed by atoms with E-state index in [1.165, 1.54) is 5.56 Å². The third-order valence-electron chi connectivity index (χ3n) is 7.06. The summed E-state index contributed by atoms with van der Waals surface area (Å²) in [4.78, 5) is 20.1. The molecule has 0 aliphatic carbocycles. The van der Waals surface area contributed by atoms with E-state index in [9.17, 15) is 4.79 Å². The van der Waals surface area contributed by atoms with Crippen molar-refractivity contribution in [2.75, 3.05) is 50.7 Å². The van der Waals surface area contributed by atoms with Gasteiger partial charge in [-0.2, -0.15) is 0 Å². The Morgan fingerprint density at radius 2 is 1.56 bits per heavy atom. The molecule has 2 saturated heterocycles. The van der Waals surface area contributed by atoms with Crippen LogP contribution in [0.2, 0.25) is 0 Å². The summed E-state index contributed by atoms with van der Waals surface area (Å²) < 4.78 is 0. The lowest BCUT2D eigenvalue weighted by atomic mass is 9.96. The summed E-state index contributed by atoms with van der Waals surface area (Å²) in [5, 5.41) is 8.92. The topological polar surface area (TPSA) is 52.6 Å². The van der Waals surface area contributed by atoms with Crippen LogP contribution in [0, 0.1) is 5.92 Å². The van der Waals surface area contributed by atoms with Crippen molar-refractivity contribution in [3.8, 4) is 11.3 Å². The maximum atomic E-state index is 13.3. The molecular formula is C28H33N5O. The second-order valence-electron chi connectivity index (χ2n) is 9.33. The first-order chi connectivity index (χ1) is 16.8. The summed E-state index contributed by atoms with van der Waals surface area (Å²) in [5.74, 6) is 1.21. The van der Waals surface area contributed by atoms with Gasteiger partial charge in [0.2, 0.25) is 5.91 Å². The standard InChI is InChI=1S/C28H33N5O/c34-28(32-20-18-31(19-21-32)17-15-23-8-3-1-4-9-23)25-12-7-16-33(22-25)27-14-13-26(29-30-27)24-10-5-2-6-11-24/h1-6,8-11,13-14,25H,7,12,15-22H2. The van der Waals surface area contributed by atoms with Gasteiger partial charge < -0.3 is 9.80 Å². The number of hydrogen-bond acceptors (Lipinski definition) is 5. The number of piperazine rings is 1. The predicted octanol–water partition coefficient (Wildman–Crippen LogP) is 3.75. The van der Waals surface area contributed by atoms with Crippen molar-refractivity contribution >= 4 is 11.7 Å². The van der Waals surface area contributed by atoms with Gasteiger partial charge in [-0.25, -0.2) is 0 Å². The normalized spacial score (nSPS) is 19.2. The predicted molar refractivity (Wildman–Crippen MR) is 136 cm³/mol. The quantitative estimate of drug-likeness (QED) is 0.567. The second-order valence-corrected chi connectivity index (χ2v) is 9.33. The Bertz CT molecular complexity index is 1050. The van der Waals surface area contributed by atoms with Gasteiger partial charge in [-0.3, -0.25) is 9.69 Å². The molecule has 2 aliphatic heterocycles. The van der Waals surface area contributed by atoms with Crippen molar-refractivity contribution in [2.45, 2.75) is 19.3 Å². The maximum Gasteiger partial charge on any atom is 0.227 e. The Hall–Kier alpha value is -3.25. The van der Waals surface area contributed by atoms with E-state index < -0.39 is 0 Å². The highest BCUT2D eigenvalue weighted by Crippen LogP contribution is 2.25. The van der Waals surface area contributed by atoms with Crippen LogP contribution in [0.5, 0.6) is 0 Å². The van der Waals surface area contributed by atoms with Gasteiger partial charge in [-0.1, -0.05) is 60.7 Å². The molecule has 3 aromatic rings. The number of carbonyl (C=O) groups excluding carboxylic acids is 1. The van der Waals surface area contributed by atoms with Crippen LogP contribution in [0.3, 0.4) is 0 Å². The Balaban J connectivity index is 1.12. The van der Waals surface area contributed by atoms with Crippen molar-refractivity contribution in [1.82, 2.24) is 20.0 Å². The van der Waals surface area contributed by atoms with Crippen molar-refractivity contribution < 1.29 is 4.79 Å². The van der Waals surface area contributed by atoms with E-state index >= 15 is 0 Å². The summed E-state index contributed by atoms with van der Waals surface area (Å²) in [7, 11) is 0. The minimum absolute atomic E-state index is 0.0419. The van der Waals surface area contributed by atoms with Gasteiger partial charge in [0.05, 0.1) is 11.6 Å². The van der Waals surface area contributed by atoms with Crippen LogP contribution in [0.4, 0.5) is 5.82 Å². The summed E-state index contributed by atoms with van der Waals surface area (Å²) in [6.45, 7) is 6.29. The highest BCUT2D eigenvalue weighted by atomic mass is 16.2. The molecule has 1 unspecified atom stereocenters. The smallest absolute Gasteiger partial charge is 0.227 e. The largest absolute Gasteiger partial charge is 0.354 e. The zero-order chi connectivity index (χ0) is 23.2. The monoisotopic (exact) mass is 455 g/mol. The third-order valence-corrected chi connectivity index (χ3v) is 7.06. The van der Waals surface area contributed by atoms with Gasteiger partial charge in [-0.15, -0.1) is 10.2 Å². The first kappa shape index (κ1) is 22.5. The van der Waals surface area contributed by atoms with Crippen LogP contribution < -0.4 is 4.90 Å². The Morgan fingerprint density at radius 1 is 0.824 bits per heavy atom. The number of anilines is 1. The van der Waals surface area contributed by atoms with E-state index in [4.69, 9.17) is 0 Å². The molecule has 0 radical (unpaired) electrons. The van der Waals surface area contributed by atoms with E-state index in [0.717, 1.165) is 82.2 Å². The number of nitrogens with zero attached hydrogens (tertiary/aromatic N) is 5. The molecule has 6 nitrogen and oxygen atoms in total. The highest BCUT2D eigenvalue weighted by molar-refractivity contribution is 5.80. The molecule has 1 amide bonds. The highest BCUT2D eigenvalue weighted by Gasteiger charge is 2.31. The molecule has 2 aromatic carbocycles. The molecule has 0 spiro atoms. The van der Waals surface area contributed by atoms with Crippen LogP contribution in [0.25, 0.3) is 11.3 Å². The van der Waals surface area contributed by atoms with Gasteiger partial charge in [0.1, 0.15) is 0 Å². The number of carbonyl (C=O) groups is 1. The average molecular weight is 456 g/mol. The minimum Gasteiger partial charge on any atom is -0.354 e. The lowest BCUT2D eigenvalue weighted by Crippen LogP contribution is -2.52. The number of rotatable bonds is 6. The fourth-order valence-corrected chi connectivity index (χ4v) is 5.03. The summed E-state index contributed by atoms with van der Waals surface area (Å²) in [6, 6.07) is 24.8. The molecular weight excluding hydrogens is 422 g/mol. The van der Waals surface area contributed by atoms with Gasteiger partial charge >= 0.3 is 0 Å². The van der Waals surface area contributed by atoms with Gasteiger partial charge in [-0.05, 0) is 37.0 Å². The van der Waals surface area contributed by atoms with Crippen LogP contribution in [0.1, 0.15) is 18.4 Å². The molecule has 2 aliphatic rings. The van der Waals surface area contributed by atoms with E-state index in [1.54, 1.807) is 0 Å². The summed E-state index contributed by atoms with van der Waals surface area (Å²) in [6.07, 6.45) is 3.03. The van der Waals surface area contributed by atoms with E-state index in [2.05, 4.69) is 55.2 Å². The lowest BCUT2D eigenvalue weighted by Gasteiger charge is -2.39. The Morgan fingerprint density at radius 3 is 2.26 bits per heavy atom. The molecule has 2 fully saturated rings. The second kappa shape index (κ2) is 10.8. The van der Waals surface area contributed by atoms with Crippen LogP contribution in [-0.4, -0.2) is 71.7 Å². The fraction of sp³-hybridized carbons (Fsp3) is 0.393. The van der Waals surface area contributed by atoms with Gasteiger partial charge in [0, 0.05) is 51.4 Å². The molecule has 5 rings (SSSR count). The SMILES string of the molecule is O=C(C1CCCN(c2ccc(-c3ccccc3)nn2)C1)N1CCN(CCc2ccccc2)CC1. The third kappa shape index (κ3) is 5.45. The zero-order valence-electron chi connectivity index (χ0n) is 19.7. The van der Waals surface area contributed by atoms with E-state index in [1.807, 2.05) is 42.5 Å². The summed E-state index contributed by atoms with van der Waals surface area (Å²) >= 11 is 0. The molecule has 1 atom stereocenters. The molecule has 176 valence electrons. The number of hydrogen-bond donors (Lipinski definition) is 0. The lowest BCUT2D eigenvalue weighted by molar-refractivity contribution is -0.137. The van der Waals surface area contributed by atoms with Crippen LogP contribution >= 0.6 is 0 Å². The number of aromatic nitrogens is 2. The molecule has 0 saturated carbocycles. The van der Waals surface area contributed by atoms with Gasteiger partial charge in [0.25, 0.3) is 0 Å². The van der Waals surface area contributed by atoms with Crippen molar-refractivity contribution in [2.24, 2.45) is 5.92 Å². The van der Waals surface area contributed by atoms with E-state index in [0.29, 0.717) is 5.91 Å². The van der Waals surface area contributed by atoms with Crippen molar-refractivity contribution in [3.05, 3.63) is 78.4 Å². The van der Waals surface area contributed by atoms with Crippen LogP contribution in [-0.2, 0) is 11.2 Å². The molecule has 1 aromatic heterocycles. The molecule has 34 heavy (non-hydrogen) atoms. The first-order valence-electron chi connectivity index (χ1n) is 12.5. The number of piperidine rings is 1. The number of amides is 1. The van der Waals surface area contributed by atoms with Crippen LogP contribution in [0.15, 0.2) is 72.8 Å². The van der Waals surface area contributed by atoms with E-state index in [-0.39, 0.29) is 5.92 Å². The molecule has 0 N–H and O–H groups in total. The summed E-state index contributed by atoms with van der Waals surface area (Å²) in [5.41, 5.74) is 3.32. The fourth-order valence-electron chi connectivity index (χ4n) is 5.03. The molecule has 6 heteroatoms. The average Bonchev–Trinajstić information content (AvgIpc) is 2.93. The molecule has 3 heterocycles.